The number of benzene rings is 8. The van der Waals surface area contributed by atoms with Gasteiger partial charge >= 0.3 is 0 Å². The maximum atomic E-state index is 5.66. The zero-order chi connectivity index (χ0) is 34.6. The molecule has 3 nitrogen and oxygen atoms in total. The number of fused-ring (bicyclic) bond motifs is 13. The van der Waals surface area contributed by atoms with Gasteiger partial charge in [-0.2, -0.15) is 0 Å². The minimum absolute atomic E-state index is 0.680. The smallest absolute Gasteiger partial charge is 0.235 e. The molecule has 0 N–H and O–H groups in total. The minimum atomic E-state index is 0.680. The summed E-state index contributed by atoms with van der Waals surface area (Å²) in [7, 11) is 0. The highest BCUT2D eigenvalue weighted by molar-refractivity contribution is 7.27. The largest absolute Gasteiger partial charge is 0.276 e. The molecule has 0 saturated heterocycles. The summed E-state index contributed by atoms with van der Waals surface area (Å²) in [5.41, 5.74) is 7.61. The van der Waals surface area contributed by atoms with Crippen LogP contribution in [0.4, 0.5) is 0 Å². The summed E-state index contributed by atoms with van der Waals surface area (Å²) in [4.78, 5) is 11.0. The topological polar surface area (TPSA) is 30.7 Å². The van der Waals surface area contributed by atoms with E-state index in [0.717, 1.165) is 33.2 Å². The van der Waals surface area contributed by atoms with Crippen LogP contribution in [0.15, 0.2) is 164 Å². The van der Waals surface area contributed by atoms with Crippen LogP contribution in [-0.4, -0.2) is 14.5 Å². The lowest BCUT2D eigenvalue weighted by molar-refractivity contribution is 1.02. The molecular weight excluding hydrogens is 683 g/mol. The monoisotopic (exact) mass is 709 g/mol. The molecule has 4 aromatic heterocycles. The Morgan fingerprint density at radius 3 is 2.02 bits per heavy atom. The van der Waals surface area contributed by atoms with Crippen LogP contribution in [0, 0.1) is 0 Å². The maximum absolute atomic E-state index is 5.66. The Bertz CT molecular complexity index is 3460. The summed E-state index contributed by atoms with van der Waals surface area (Å²) in [6.07, 6.45) is 0. The van der Waals surface area contributed by atoms with Crippen molar-refractivity contribution in [2.45, 2.75) is 0 Å². The predicted molar refractivity (Wildman–Crippen MR) is 228 cm³/mol. The van der Waals surface area contributed by atoms with Crippen molar-refractivity contribution < 1.29 is 0 Å². The predicted octanol–water partition coefficient (Wildman–Crippen LogP) is 13.9. The van der Waals surface area contributed by atoms with Gasteiger partial charge in [0.05, 0.1) is 26.9 Å². The third-order valence-corrected chi connectivity index (χ3v) is 13.3. The first-order valence-electron chi connectivity index (χ1n) is 17.8. The van der Waals surface area contributed by atoms with Crippen LogP contribution in [-0.2, 0) is 0 Å². The van der Waals surface area contributed by atoms with E-state index >= 15 is 0 Å². The zero-order valence-electron chi connectivity index (χ0n) is 28.2. The Hall–Kier alpha value is -6.40. The number of hydrogen-bond donors (Lipinski definition) is 0. The van der Waals surface area contributed by atoms with E-state index in [2.05, 4.69) is 168 Å². The first kappa shape index (κ1) is 29.2. The molecule has 0 spiro atoms. The van der Waals surface area contributed by atoms with Crippen molar-refractivity contribution in [3.05, 3.63) is 164 Å². The van der Waals surface area contributed by atoms with Gasteiger partial charge in [0.15, 0.2) is 0 Å². The zero-order valence-corrected chi connectivity index (χ0v) is 29.9. The summed E-state index contributed by atoms with van der Waals surface area (Å²) in [6.45, 7) is 0. The number of rotatable bonds is 3. The van der Waals surface area contributed by atoms with Gasteiger partial charge in [-0.15, -0.1) is 22.7 Å². The van der Waals surface area contributed by atoms with Crippen LogP contribution in [0.3, 0.4) is 0 Å². The van der Waals surface area contributed by atoms with E-state index in [9.17, 15) is 0 Å². The highest BCUT2D eigenvalue weighted by Gasteiger charge is 2.23. The number of para-hydroxylation sites is 2. The van der Waals surface area contributed by atoms with Gasteiger partial charge in [0.1, 0.15) is 0 Å². The number of hydrogen-bond acceptors (Lipinski definition) is 4. The van der Waals surface area contributed by atoms with E-state index in [1.807, 2.05) is 22.7 Å². The van der Waals surface area contributed by atoms with Crippen LogP contribution in [0.2, 0.25) is 0 Å². The third kappa shape index (κ3) is 4.20. The van der Waals surface area contributed by atoms with Gasteiger partial charge in [-0.3, -0.25) is 4.57 Å². The van der Waals surface area contributed by atoms with Crippen molar-refractivity contribution in [2.75, 3.05) is 0 Å². The maximum Gasteiger partial charge on any atom is 0.235 e. The molecule has 0 radical (unpaired) electrons. The van der Waals surface area contributed by atoms with Crippen LogP contribution in [0.25, 0.3) is 112 Å². The second-order valence-electron chi connectivity index (χ2n) is 13.7. The average Bonchev–Trinajstić information content (AvgIpc) is 3.90. The molecule has 0 fully saturated rings. The summed E-state index contributed by atoms with van der Waals surface area (Å²) in [5.74, 6) is 0.680. The Labute approximate surface area is 311 Å². The standard InChI is InChI=1S/C48H27N3S2/c1-2-12-28(13-3-1)30-26-38-36-23-22-29-14-4-5-15-31(29)45(36)53-46(38)39(27-30)43-37-18-6-9-19-40(37)49-48(50-43)51-41-20-10-7-16-32(41)34-24-25-35-33-17-8-11-21-42(33)52-47(35)44(34)51/h1-27H. The normalized spacial score (nSPS) is 12.2. The first-order chi connectivity index (χ1) is 26.3. The Balaban J connectivity index is 1.23. The molecule has 12 aromatic rings. The van der Waals surface area contributed by atoms with Crippen molar-refractivity contribution in [3.8, 4) is 28.3 Å². The minimum Gasteiger partial charge on any atom is -0.276 e. The quantitative estimate of drug-likeness (QED) is 0.183. The average molecular weight is 710 g/mol. The lowest BCUT2D eigenvalue weighted by Gasteiger charge is -2.14. The molecule has 0 saturated carbocycles. The van der Waals surface area contributed by atoms with Crippen molar-refractivity contribution in [1.82, 2.24) is 14.5 Å². The molecular formula is C48H27N3S2. The highest BCUT2D eigenvalue weighted by Crippen LogP contribution is 2.47. The molecule has 0 amide bonds. The number of aromatic nitrogens is 3. The van der Waals surface area contributed by atoms with Crippen molar-refractivity contribution >= 4 is 106 Å². The van der Waals surface area contributed by atoms with Gasteiger partial charge in [0.25, 0.3) is 0 Å². The molecule has 246 valence electrons. The summed E-state index contributed by atoms with van der Waals surface area (Å²) in [6, 6.07) is 59.2. The highest BCUT2D eigenvalue weighted by atomic mass is 32.1. The molecule has 12 rings (SSSR count). The molecule has 4 heterocycles. The fraction of sp³-hybridized carbons (Fsp3) is 0. The lowest BCUT2D eigenvalue weighted by Crippen LogP contribution is -2.03. The van der Waals surface area contributed by atoms with Crippen molar-refractivity contribution in [2.24, 2.45) is 0 Å². The first-order valence-corrected chi connectivity index (χ1v) is 19.5. The molecule has 53 heavy (non-hydrogen) atoms. The fourth-order valence-electron chi connectivity index (χ4n) is 8.39. The van der Waals surface area contributed by atoms with E-state index in [-0.39, 0.29) is 0 Å². The Morgan fingerprint density at radius 1 is 0.415 bits per heavy atom. The van der Waals surface area contributed by atoms with E-state index in [4.69, 9.17) is 9.97 Å². The summed E-state index contributed by atoms with van der Waals surface area (Å²) >= 11 is 3.72. The molecule has 0 aliphatic heterocycles. The van der Waals surface area contributed by atoms with Crippen LogP contribution in [0.1, 0.15) is 0 Å². The van der Waals surface area contributed by atoms with Crippen molar-refractivity contribution in [1.29, 1.82) is 0 Å². The molecule has 0 unspecified atom stereocenters. The van der Waals surface area contributed by atoms with E-state index in [1.54, 1.807) is 0 Å². The van der Waals surface area contributed by atoms with E-state index in [1.165, 1.54) is 73.0 Å². The number of thiophene rings is 2. The SMILES string of the molecule is c1ccc(-c2cc(-c3nc(-n4c5ccccc5c5ccc6c7ccccc7sc6c54)nc4ccccc34)c3sc4c5ccccc5ccc4c3c2)cc1. The van der Waals surface area contributed by atoms with Crippen LogP contribution >= 0.6 is 22.7 Å². The molecule has 8 aromatic carbocycles. The van der Waals surface area contributed by atoms with Gasteiger partial charge < -0.3 is 0 Å². The van der Waals surface area contributed by atoms with Gasteiger partial charge in [-0.25, -0.2) is 9.97 Å². The number of nitrogens with zero attached hydrogens (tertiary/aromatic N) is 3. The fourth-order valence-corrected chi connectivity index (χ4v) is 11.0. The van der Waals surface area contributed by atoms with Crippen LogP contribution < -0.4 is 0 Å². The molecule has 0 aliphatic carbocycles. The molecule has 0 aliphatic rings. The lowest BCUT2D eigenvalue weighted by atomic mass is 9.96. The second-order valence-corrected chi connectivity index (χ2v) is 15.8. The molecule has 0 bridgehead atoms. The second kappa shape index (κ2) is 11.1. The van der Waals surface area contributed by atoms with E-state index < -0.39 is 0 Å². The summed E-state index contributed by atoms with van der Waals surface area (Å²) in [5, 5.41) is 11.1. The van der Waals surface area contributed by atoms with E-state index in [0.29, 0.717) is 5.95 Å². The molecule has 5 heteroatoms. The van der Waals surface area contributed by atoms with Gasteiger partial charge in [0.2, 0.25) is 5.95 Å². The van der Waals surface area contributed by atoms with Gasteiger partial charge in [0, 0.05) is 57.4 Å². The van der Waals surface area contributed by atoms with Crippen LogP contribution in [0.5, 0.6) is 0 Å². The van der Waals surface area contributed by atoms with Gasteiger partial charge in [-0.05, 0) is 52.2 Å². The van der Waals surface area contributed by atoms with Gasteiger partial charge in [-0.1, -0.05) is 133 Å². The molecule has 0 atom stereocenters. The third-order valence-electron chi connectivity index (χ3n) is 10.8. The van der Waals surface area contributed by atoms with Crippen molar-refractivity contribution in [3.63, 3.8) is 0 Å². The summed E-state index contributed by atoms with van der Waals surface area (Å²) < 4.78 is 7.39. The Morgan fingerprint density at radius 2 is 1.11 bits per heavy atom. The Kier molecular flexibility index (Phi) is 6.09.